The van der Waals surface area contributed by atoms with Gasteiger partial charge in [0.15, 0.2) is 8.32 Å². The Morgan fingerprint density at radius 3 is 2.32 bits per heavy atom. The van der Waals surface area contributed by atoms with E-state index in [1.807, 2.05) is 6.08 Å². The van der Waals surface area contributed by atoms with E-state index in [0.29, 0.717) is 6.42 Å². The maximum atomic E-state index is 10.9. The highest BCUT2D eigenvalue weighted by molar-refractivity contribution is 6.73. The third-order valence-corrected chi connectivity index (χ3v) is 8.34. The molecule has 0 aliphatic rings. The third-order valence-electron chi connectivity index (χ3n) is 3.64. The quantitative estimate of drug-likeness (QED) is 0.272. The summed E-state index contributed by atoms with van der Waals surface area (Å²) in [7, 11) is -1.59. The fourth-order valence-electron chi connectivity index (χ4n) is 2.15. The van der Waals surface area contributed by atoms with Gasteiger partial charge in [0.1, 0.15) is 0 Å². The normalized spacial score (nSPS) is 12.4. The summed E-state index contributed by atoms with van der Waals surface area (Å²) in [5.41, 5.74) is 0. The fourth-order valence-corrected chi connectivity index (χ4v) is 5.06. The molecule has 0 N–H and O–H groups in total. The summed E-state index contributed by atoms with van der Waals surface area (Å²) in [4.78, 5) is 10.9. The van der Waals surface area contributed by atoms with Crippen LogP contribution in [0.2, 0.25) is 18.1 Å². The molecule has 0 aromatic carbocycles. The maximum Gasteiger partial charge on any atom is 0.202 e. The van der Waals surface area contributed by atoms with Gasteiger partial charge in [-0.2, -0.15) is 0 Å². The largest absolute Gasteiger partial charge is 0.413 e. The minimum atomic E-state index is -1.59. The molecule has 2 nitrogen and oxygen atoms in total. The Morgan fingerprint density at radius 2 is 1.89 bits per heavy atom. The molecular weight excluding hydrogens is 252 g/mol. The zero-order chi connectivity index (χ0) is 14.7. The van der Waals surface area contributed by atoms with Crippen molar-refractivity contribution in [3.8, 4) is 11.8 Å². The van der Waals surface area contributed by atoms with Crippen molar-refractivity contribution in [1.82, 2.24) is 0 Å². The molecule has 0 fully saturated rings. The molecule has 108 valence electrons. The number of carbonyl (C=O) groups excluding carboxylic acids is 1. The lowest BCUT2D eigenvalue weighted by Crippen LogP contribution is -2.39. The molecule has 0 saturated carbocycles. The van der Waals surface area contributed by atoms with Crippen molar-refractivity contribution in [2.24, 2.45) is 0 Å². The Kier molecular flexibility index (Phi) is 9.55. The first kappa shape index (κ1) is 18.1. The summed E-state index contributed by atoms with van der Waals surface area (Å²) in [6, 6.07) is 3.43. The van der Waals surface area contributed by atoms with Crippen LogP contribution in [0.1, 0.15) is 47.0 Å². The van der Waals surface area contributed by atoms with Crippen molar-refractivity contribution in [1.29, 1.82) is 0 Å². The van der Waals surface area contributed by atoms with Gasteiger partial charge in [0, 0.05) is 13.3 Å². The summed E-state index contributed by atoms with van der Waals surface area (Å²) < 4.78 is 6.45. The van der Waals surface area contributed by atoms with Crippen LogP contribution in [0.3, 0.4) is 0 Å². The second kappa shape index (κ2) is 10.00. The third kappa shape index (κ3) is 7.34. The number of carbonyl (C=O) groups is 1. The molecule has 0 saturated heterocycles. The molecule has 1 unspecified atom stereocenters. The zero-order valence-electron chi connectivity index (χ0n) is 12.9. The van der Waals surface area contributed by atoms with E-state index >= 15 is 0 Å². The van der Waals surface area contributed by atoms with Crippen molar-refractivity contribution in [2.45, 2.75) is 71.2 Å². The number of ketones is 1. The summed E-state index contributed by atoms with van der Waals surface area (Å²) in [5.74, 6) is 5.49. The Hall–Kier alpha value is -0.853. The maximum absolute atomic E-state index is 10.9. The van der Waals surface area contributed by atoms with Gasteiger partial charge in [0.2, 0.25) is 5.78 Å². The molecule has 19 heavy (non-hydrogen) atoms. The Morgan fingerprint density at radius 1 is 1.32 bits per heavy atom. The van der Waals surface area contributed by atoms with Gasteiger partial charge < -0.3 is 4.43 Å². The second-order valence-electron chi connectivity index (χ2n) is 4.91. The van der Waals surface area contributed by atoms with Crippen LogP contribution >= 0.6 is 0 Å². The van der Waals surface area contributed by atoms with Crippen LogP contribution in [0.4, 0.5) is 0 Å². The molecule has 1 atom stereocenters. The van der Waals surface area contributed by atoms with Crippen LogP contribution < -0.4 is 0 Å². The van der Waals surface area contributed by atoms with Crippen molar-refractivity contribution in [3.05, 3.63) is 12.7 Å². The number of rotatable bonds is 9. The Labute approximate surface area is 119 Å². The van der Waals surface area contributed by atoms with Gasteiger partial charge in [-0.05, 0) is 36.9 Å². The highest BCUT2D eigenvalue weighted by Gasteiger charge is 2.31. The van der Waals surface area contributed by atoms with Crippen molar-refractivity contribution in [3.63, 3.8) is 0 Å². The van der Waals surface area contributed by atoms with E-state index in [4.69, 9.17) is 4.43 Å². The first-order valence-electron chi connectivity index (χ1n) is 7.31. The minimum absolute atomic E-state index is 0.0764. The van der Waals surface area contributed by atoms with Crippen LogP contribution in [0.5, 0.6) is 0 Å². The van der Waals surface area contributed by atoms with Gasteiger partial charge in [0.25, 0.3) is 0 Å². The number of allylic oxidation sites excluding steroid dienone is 1. The first-order valence-corrected chi connectivity index (χ1v) is 9.84. The molecule has 3 heteroatoms. The smallest absolute Gasteiger partial charge is 0.202 e. The summed E-state index contributed by atoms with van der Waals surface area (Å²) in [6.07, 6.45) is 4.61. The van der Waals surface area contributed by atoms with Gasteiger partial charge in [-0.15, -0.1) is 6.58 Å². The molecule has 0 aromatic heterocycles. The van der Waals surface area contributed by atoms with Crippen molar-refractivity contribution in [2.75, 3.05) is 0 Å². The summed E-state index contributed by atoms with van der Waals surface area (Å²) in [6.45, 7) is 11.9. The highest BCUT2D eigenvalue weighted by atomic mass is 28.4. The molecule has 0 bridgehead atoms. The van der Waals surface area contributed by atoms with Gasteiger partial charge >= 0.3 is 0 Å². The van der Waals surface area contributed by atoms with Gasteiger partial charge in [-0.3, -0.25) is 4.79 Å². The molecule has 0 amide bonds. The standard InChI is InChI=1S/C16H28O2Si/c1-6-10-13-16(14-11-12-15(5)17)18-19(7-2,8-3)9-4/h6,16H,1,7-10,13-14H2,2-5H3. The summed E-state index contributed by atoms with van der Waals surface area (Å²) >= 11 is 0. The Bertz CT molecular complexity index is 326. The SMILES string of the molecule is C=CCCC(CC#CC(C)=O)O[Si](CC)(CC)CC. The molecule has 0 rings (SSSR count). The predicted molar refractivity (Wildman–Crippen MR) is 84.6 cm³/mol. The van der Waals surface area contributed by atoms with Crippen LogP contribution in [0.25, 0.3) is 0 Å². The lowest BCUT2D eigenvalue weighted by Gasteiger charge is -2.32. The molecule has 0 aliphatic heterocycles. The van der Waals surface area contributed by atoms with Crippen molar-refractivity contribution >= 4 is 14.1 Å². The number of hydrogen-bond donors (Lipinski definition) is 0. The van der Waals surface area contributed by atoms with E-state index in [0.717, 1.165) is 31.0 Å². The number of Topliss-reactive ketones (excluding diaryl/α,β-unsaturated/α-hetero) is 1. The minimum Gasteiger partial charge on any atom is -0.413 e. The predicted octanol–water partition coefficient (Wildman–Crippen LogP) is 4.33. The summed E-state index contributed by atoms with van der Waals surface area (Å²) in [5, 5.41) is 0. The van der Waals surface area contributed by atoms with E-state index in [-0.39, 0.29) is 11.9 Å². The molecule has 0 spiro atoms. The average molecular weight is 280 g/mol. The lowest BCUT2D eigenvalue weighted by atomic mass is 10.1. The van der Waals surface area contributed by atoms with Crippen LogP contribution in [-0.2, 0) is 9.22 Å². The Balaban J connectivity index is 4.69. The lowest BCUT2D eigenvalue weighted by molar-refractivity contribution is -0.111. The molecule has 0 heterocycles. The van der Waals surface area contributed by atoms with Gasteiger partial charge in [-0.25, -0.2) is 0 Å². The fraction of sp³-hybridized carbons (Fsp3) is 0.688. The molecular formula is C16H28O2Si. The van der Waals surface area contributed by atoms with Crippen LogP contribution in [0, 0.1) is 11.8 Å². The van der Waals surface area contributed by atoms with Crippen LogP contribution in [0.15, 0.2) is 12.7 Å². The average Bonchev–Trinajstić information content (AvgIpc) is 2.41. The first-order chi connectivity index (χ1) is 9.03. The van der Waals surface area contributed by atoms with Crippen molar-refractivity contribution < 1.29 is 9.22 Å². The van der Waals surface area contributed by atoms with E-state index in [9.17, 15) is 4.79 Å². The van der Waals surface area contributed by atoms with E-state index in [2.05, 4.69) is 39.2 Å². The van der Waals surface area contributed by atoms with Gasteiger partial charge in [-0.1, -0.05) is 32.8 Å². The molecule has 0 aliphatic carbocycles. The second-order valence-corrected chi connectivity index (χ2v) is 9.63. The zero-order valence-corrected chi connectivity index (χ0v) is 13.9. The monoisotopic (exact) mass is 280 g/mol. The van der Waals surface area contributed by atoms with E-state index in [1.165, 1.54) is 6.92 Å². The molecule has 0 aromatic rings. The highest BCUT2D eigenvalue weighted by Crippen LogP contribution is 2.25. The number of hydrogen-bond acceptors (Lipinski definition) is 2. The van der Waals surface area contributed by atoms with E-state index < -0.39 is 8.32 Å². The van der Waals surface area contributed by atoms with E-state index in [1.54, 1.807) is 0 Å². The molecule has 0 radical (unpaired) electrons. The topological polar surface area (TPSA) is 26.3 Å². The van der Waals surface area contributed by atoms with Crippen LogP contribution in [-0.4, -0.2) is 20.2 Å². The van der Waals surface area contributed by atoms with Gasteiger partial charge in [0.05, 0.1) is 6.10 Å².